The molecule has 0 aliphatic carbocycles. The molecule has 17 heavy (non-hydrogen) atoms. The van der Waals surface area contributed by atoms with E-state index in [4.69, 9.17) is 10.4 Å². The second-order valence-corrected chi connectivity index (χ2v) is 3.02. The number of carboxylic acid groups (broad SMARTS) is 1. The fraction of sp³-hybridized carbons (Fsp3) is 0.0909. The van der Waals surface area contributed by atoms with Crippen LogP contribution < -0.4 is 5.43 Å². The van der Waals surface area contributed by atoms with Crippen molar-refractivity contribution >= 4 is 18.1 Å². The smallest absolute Gasteiger partial charge is 0.336 e. The first-order valence-electron chi connectivity index (χ1n) is 4.66. The highest BCUT2D eigenvalue weighted by Crippen LogP contribution is 2.05. The number of nitrogens with one attached hydrogen (secondary N) is 1. The number of benzene rings is 1. The van der Waals surface area contributed by atoms with Crippen LogP contribution in [0.15, 0.2) is 29.4 Å². The fourth-order valence-electron chi connectivity index (χ4n) is 1.09. The van der Waals surface area contributed by atoms with E-state index in [9.17, 15) is 9.59 Å². The van der Waals surface area contributed by atoms with Gasteiger partial charge in [0.05, 0.1) is 17.8 Å². The standard InChI is InChI=1S/C11H9N3O3/c12-6-5-10(15)14-13-7-8-3-1-2-4-9(8)11(16)17/h1-4,7H,5H2,(H,14,15)(H,16,17)/b13-7-. The molecule has 1 aromatic rings. The van der Waals surface area contributed by atoms with Gasteiger partial charge in [0.1, 0.15) is 6.42 Å². The summed E-state index contributed by atoms with van der Waals surface area (Å²) in [4.78, 5) is 21.7. The van der Waals surface area contributed by atoms with Gasteiger partial charge in [-0.15, -0.1) is 0 Å². The Hall–Kier alpha value is -2.68. The average Bonchev–Trinajstić information content (AvgIpc) is 2.30. The quantitative estimate of drug-likeness (QED) is 0.589. The molecule has 0 bridgehead atoms. The van der Waals surface area contributed by atoms with Gasteiger partial charge in [0, 0.05) is 5.56 Å². The summed E-state index contributed by atoms with van der Waals surface area (Å²) in [5.74, 6) is -1.62. The van der Waals surface area contributed by atoms with Gasteiger partial charge in [-0.2, -0.15) is 10.4 Å². The van der Waals surface area contributed by atoms with E-state index >= 15 is 0 Å². The van der Waals surface area contributed by atoms with Crippen LogP contribution in [0.25, 0.3) is 0 Å². The number of hydrogen-bond acceptors (Lipinski definition) is 4. The largest absolute Gasteiger partial charge is 0.478 e. The maximum atomic E-state index is 10.9. The van der Waals surface area contributed by atoms with E-state index in [0.29, 0.717) is 5.56 Å². The maximum Gasteiger partial charge on any atom is 0.336 e. The fourth-order valence-corrected chi connectivity index (χ4v) is 1.09. The Morgan fingerprint density at radius 1 is 1.47 bits per heavy atom. The van der Waals surface area contributed by atoms with Gasteiger partial charge in [0.2, 0.25) is 0 Å². The summed E-state index contributed by atoms with van der Waals surface area (Å²) in [5, 5.41) is 20.7. The molecule has 86 valence electrons. The summed E-state index contributed by atoms with van der Waals surface area (Å²) in [6.07, 6.45) is 0.927. The number of rotatable bonds is 4. The Labute approximate surface area is 97.2 Å². The summed E-state index contributed by atoms with van der Waals surface area (Å²) >= 11 is 0. The Morgan fingerprint density at radius 2 is 2.18 bits per heavy atom. The second kappa shape index (κ2) is 6.02. The van der Waals surface area contributed by atoms with Crippen LogP contribution in [0.3, 0.4) is 0 Å². The van der Waals surface area contributed by atoms with E-state index in [1.807, 2.05) is 0 Å². The summed E-state index contributed by atoms with van der Waals surface area (Å²) in [7, 11) is 0. The molecule has 2 N–H and O–H groups in total. The topological polar surface area (TPSA) is 103 Å². The molecular weight excluding hydrogens is 222 g/mol. The molecule has 0 aromatic heterocycles. The lowest BCUT2D eigenvalue weighted by atomic mass is 10.1. The minimum absolute atomic E-state index is 0.0887. The van der Waals surface area contributed by atoms with Crippen LogP contribution in [0.4, 0.5) is 0 Å². The number of carbonyl (C=O) groups excluding carboxylic acids is 1. The van der Waals surface area contributed by atoms with Crippen LogP contribution in [0, 0.1) is 11.3 Å². The molecule has 0 atom stereocenters. The van der Waals surface area contributed by atoms with E-state index in [0.717, 1.165) is 0 Å². The third-order valence-corrected chi connectivity index (χ3v) is 1.82. The normalized spacial score (nSPS) is 9.82. The maximum absolute atomic E-state index is 10.9. The highest BCUT2D eigenvalue weighted by atomic mass is 16.4. The first-order chi connectivity index (χ1) is 8.15. The van der Waals surface area contributed by atoms with E-state index in [1.165, 1.54) is 12.3 Å². The molecular formula is C11H9N3O3. The lowest BCUT2D eigenvalue weighted by molar-refractivity contribution is -0.120. The van der Waals surface area contributed by atoms with Crippen molar-refractivity contribution < 1.29 is 14.7 Å². The monoisotopic (exact) mass is 231 g/mol. The molecule has 0 aliphatic rings. The molecule has 0 fully saturated rings. The lowest BCUT2D eigenvalue weighted by Crippen LogP contribution is -2.16. The minimum atomic E-state index is -1.07. The highest BCUT2D eigenvalue weighted by molar-refractivity contribution is 5.98. The van der Waals surface area contributed by atoms with Crippen molar-refractivity contribution in [2.75, 3.05) is 0 Å². The molecule has 1 amide bonds. The number of amides is 1. The van der Waals surface area contributed by atoms with Gasteiger partial charge in [-0.05, 0) is 6.07 Å². The first kappa shape index (κ1) is 12.4. The number of aromatic carboxylic acids is 1. The van der Waals surface area contributed by atoms with Gasteiger partial charge in [-0.3, -0.25) is 4.79 Å². The molecule has 0 saturated heterocycles. The molecule has 1 rings (SSSR count). The van der Waals surface area contributed by atoms with Crippen molar-refractivity contribution in [1.82, 2.24) is 5.43 Å². The van der Waals surface area contributed by atoms with Gasteiger partial charge < -0.3 is 5.11 Å². The van der Waals surface area contributed by atoms with Crippen molar-refractivity contribution in [2.45, 2.75) is 6.42 Å². The Kier molecular flexibility index (Phi) is 4.39. The number of hydrogen-bond donors (Lipinski definition) is 2. The summed E-state index contributed by atoms with van der Waals surface area (Å²) in [6.45, 7) is 0. The van der Waals surface area contributed by atoms with E-state index in [-0.39, 0.29) is 12.0 Å². The highest BCUT2D eigenvalue weighted by Gasteiger charge is 2.06. The Morgan fingerprint density at radius 3 is 2.82 bits per heavy atom. The molecule has 6 nitrogen and oxygen atoms in total. The zero-order chi connectivity index (χ0) is 12.7. The Bertz CT molecular complexity index is 503. The van der Waals surface area contributed by atoms with Crippen molar-refractivity contribution in [3.8, 4) is 6.07 Å². The van der Waals surface area contributed by atoms with Crippen LogP contribution in [0.2, 0.25) is 0 Å². The molecule has 0 radical (unpaired) electrons. The molecule has 6 heteroatoms. The van der Waals surface area contributed by atoms with Crippen molar-refractivity contribution in [3.05, 3.63) is 35.4 Å². The van der Waals surface area contributed by atoms with Crippen LogP contribution in [-0.4, -0.2) is 23.2 Å². The molecule has 0 saturated carbocycles. The summed E-state index contributed by atoms with van der Waals surface area (Å²) < 4.78 is 0. The zero-order valence-electron chi connectivity index (χ0n) is 8.75. The third kappa shape index (κ3) is 3.76. The number of nitriles is 1. The SMILES string of the molecule is N#CCC(=O)N/N=C\c1ccccc1C(=O)O. The number of carbonyl (C=O) groups is 2. The molecule has 0 heterocycles. The minimum Gasteiger partial charge on any atom is -0.478 e. The van der Waals surface area contributed by atoms with Gasteiger partial charge >= 0.3 is 5.97 Å². The predicted octanol–water partition coefficient (Wildman–Crippen LogP) is 0.749. The zero-order valence-corrected chi connectivity index (χ0v) is 8.75. The Balaban J connectivity index is 2.75. The second-order valence-electron chi connectivity index (χ2n) is 3.02. The van der Waals surface area contributed by atoms with Crippen LogP contribution in [0.5, 0.6) is 0 Å². The molecule has 0 aliphatic heterocycles. The van der Waals surface area contributed by atoms with Crippen LogP contribution in [-0.2, 0) is 4.79 Å². The number of hydrazone groups is 1. The molecule has 0 unspecified atom stereocenters. The van der Waals surface area contributed by atoms with Crippen LogP contribution >= 0.6 is 0 Å². The number of nitrogens with zero attached hydrogens (tertiary/aromatic N) is 2. The van der Waals surface area contributed by atoms with Gasteiger partial charge in [0.15, 0.2) is 0 Å². The van der Waals surface area contributed by atoms with Crippen molar-refractivity contribution in [2.24, 2.45) is 5.10 Å². The molecule has 1 aromatic carbocycles. The van der Waals surface area contributed by atoms with Gasteiger partial charge in [0.25, 0.3) is 5.91 Å². The first-order valence-corrected chi connectivity index (χ1v) is 4.66. The molecule has 0 spiro atoms. The van der Waals surface area contributed by atoms with E-state index in [2.05, 4.69) is 10.5 Å². The van der Waals surface area contributed by atoms with Crippen molar-refractivity contribution in [3.63, 3.8) is 0 Å². The summed E-state index contributed by atoms with van der Waals surface area (Å²) in [6, 6.07) is 7.91. The van der Waals surface area contributed by atoms with E-state index < -0.39 is 11.9 Å². The lowest BCUT2D eigenvalue weighted by Gasteiger charge is -1.99. The van der Waals surface area contributed by atoms with E-state index in [1.54, 1.807) is 24.3 Å². The van der Waals surface area contributed by atoms with Crippen molar-refractivity contribution in [1.29, 1.82) is 5.26 Å². The summed E-state index contributed by atoms with van der Waals surface area (Å²) in [5.41, 5.74) is 2.57. The van der Waals surface area contributed by atoms with Crippen LogP contribution in [0.1, 0.15) is 22.3 Å². The third-order valence-electron chi connectivity index (χ3n) is 1.82. The predicted molar refractivity (Wildman–Crippen MR) is 59.4 cm³/mol. The van der Waals surface area contributed by atoms with Gasteiger partial charge in [-0.25, -0.2) is 10.2 Å². The number of carboxylic acids is 1. The van der Waals surface area contributed by atoms with Gasteiger partial charge in [-0.1, -0.05) is 18.2 Å². The average molecular weight is 231 g/mol.